The second-order valence-electron chi connectivity index (χ2n) is 4.92. The van der Waals surface area contributed by atoms with E-state index >= 15 is 0 Å². The Labute approximate surface area is 114 Å². The van der Waals surface area contributed by atoms with Gasteiger partial charge in [0.1, 0.15) is 0 Å². The topological polar surface area (TPSA) is 18.5 Å². The molecule has 0 atom stereocenters. The van der Waals surface area contributed by atoms with Gasteiger partial charge in [-0.25, -0.2) is 0 Å². The zero-order chi connectivity index (χ0) is 13.1. The molecule has 0 bridgehead atoms. The minimum atomic E-state index is -0.194. The number of hydrogen-bond acceptors (Lipinski definition) is 2. The van der Waals surface area contributed by atoms with Crippen molar-refractivity contribution < 1.29 is 9.47 Å². The van der Waals surface area contributed by atoms with Crippen LogP contribution in [0.2, 0.25) is 0 Å². The molecule has 1 saturated heterocycles. The van der Waals surface area contributed by atoms with Gasteiger partial charge in [0.25, 0.3) is 0 Å². The Morgan fingerprint density at radius 3 is 1.89 bits per heavy atom. The van der Waals surface area contributed by atoms with Crippen molar-refractivity contribution in [3.8, 4) is 11.1 Å². The standard InChI is InChI=1S/C17H18O2/c1-13-3-5-14(6-4-13)15-7-9-16(10-8-15)17-18-11-2-12-19-17/h3-10,17H,2,11-12H2,1H3. The highest BCUT2D eigenvalue weighted by Gasteiger charge is 2.16. The highest BCUT2D eigenvalue weighted by Crippen LogP contribution is 2.26. The lowest BCUT2D eigenvalue weighted by Gasteiger charge is -2.23. The number of rotatable bonds is 2. The van der Waals surface area contributed by atoms with Crippen LogP contribution >= 0.6 is 0 Å². The van der Waals surface area contributed by atoms with Gasteiger partial charge in [-0.1, -0.05) is 54.1 Å². The highest BCUT2D eigenvalue weighted by atomic mass is 16.7. The highest BCUT2D eigenvalue weighted by molar-refractivity contribution is 5.63. The van der Waals surface area contributed by atoms with E-state index in [1.807, 2.05) is 0 Å². The summed E-state index contributed by atoms with van der Waals surface area (Å²) in [4.78, 5) is 0. The predicted octanol–water partition coefficient (Wildman–Crippen LogP) is 4.10. The van der Waals surface area contributed by atoms with Gasteiger partial charge in [-0.3, -0.25) is 0 Å². The summed E-state index contributed by atoms with van der Waals surface area (Å²) in [6, 6.07) is 17.0. The average molecular weight is 254 g/mol. The molecule has 0 aliphatic carbocycles. The average Bonchev–Trinajstić information content (AvgIpc) is 2.49. The fraction of sp³-hybridized carbons (Fsp3) is 0.294. The van der Waals surface area contributed by atoms with Gasteiger partial charge < -0.3 is 9.47 Å². The fourth-order valence-electron chi connectivity index (χ4n) is 2.26. The van der Waals surface area contributed by atoms with Crippen LogP contribution < -0.4 is 0 Å². The third kappa shape index (κ3) is 2.86. The first-order valence-electron chi connectivity index (χ1n) is 6.73. The van der Waals surface area contributed by atoms with Crippen molar-refractivity contribution in [1.29, 1.82) is 0 Å². The van der Waals surface area contributed by atoms with Crippen molar-refractivity contribution in [2.45, 2.75) is 19.6 Å². The first-order valence-corrected chi connectivity index (χ1v) is 6.73. The SMILES string of the molecule is Cc1ccc(-c2ccc(C3OCCCO3)cc2)cc1. The van der Waals surface area contributed by atoms with Crippen molar-refractivity contribution in [3.05, 3.63) is 59.7 Å². The number of ether oxygens (including phenoxy) is 2. The molecule has 0 spiro atoms. The Morgan fingerprint density at radius 2 is 1.32 bits per heavy atom. The Balaban J connectivity index is 1.80. The van der Waals surface area contributed by atoms with E-state index in [0.29, 0.717) is 0 Å². The molecule has 3 rings (SSSR count). The zero-order valence-corrected chi connectivity index (χ0v) is 11.1. The molecule has 1 heterocycles. The zero-order valence-electron chi connectivity index (χ0n) is 11.1. The van der Waals surface area contributed by atoms with E-state index in [9.17, 15) is 0 Å². The lowest BCUT2D eigenvalue weighted by molar-refractivity contribution is -0.183. The van der Waals surface area contributed by atoms with Crippen LogP contribution in [0.5, 0.6) is 0 Å². The van der Waals surface area contributed by atoms with Crippen LogP contribution in [-0.2, 0) is 9.47 Å². The fourth-order valence-corrected chi connectivity index (χ4v) is 2.26. The molecule has 1 aliphatic rings. The lowest BCUT2D eigenvalue weighted by Crippen LogP contribution is -2.17. The maximum atomic E-state index is 5.60. The third-order valence-electron chi connectivity index (χ3n) is 3.39. The van der Waals surface area contributed by atoms with E-state index in [1.54, 1.807) is 0 Å². The van der Waals surface area contributed by atoms with Gasteiger partial charge in [-0.15, -0.1) is 0 Å². The van der Waals surface area contributed by atoms with E-state index in [-0.39, 0.29) is 6.29 Å². The van der Waals surface area contributed by atoms with Crippen LogP contribution in [0.4, 0.5) is 0 Å². The van der Waals surface area contributed by atoms with Gasteiger partial charge in [-0.2, -0.15) is 0 Å². The summed E-state index contributed by atoms with van der Waals surface area (Å²) < 4.78 is 11.2. The Kier molecular flexibility index (Phi) is 3.62. The van der Waals surface area contributed by atoms with E-state index in [4.69, 9.17) is 9.47 Å². The Bertz CT molecular complexity index is 522. The van der Waals surface area contributed by atoms with Crippen molar-refractivity contribution >= 4 is 0 Å². The lowest BCUT2D eigenvalue weighted by atomic mass is 10.0. The largest absolute Gasteiger partial charge is 0.348 e. The molecule has 19 heavy (non-hydrogen) atoms. The molecular weight excluding hydrogens is 236 g/mol. The van der Waals surface area contributed by atoms with Crippen molar-refractivity contribution in [2.24, 2.45) is 0 Å². The summed E-state index contributed by atoms with van der Waals surface area (Å²) >= 11 is 0. The summed E-state index contributed by atoms with van der Waals surface area (Å²) in [6.07, 6.45) is 0.790. The molecule has 2 nitrogen and oxygen atoms in total. The van der Waals surface area contributed by atoms with Crippen LogP contribution in [0.25, 0.3) is 11.1 Å². The molecule has 1 aliphatic heterocycles. The van der Waals surface area contributed by atoms with Gasteiger partial charge in [0.2, 0.25) is 0 Å². The minimum Gasteiger partial charge on any atom is -0.348 e. The number of hydrogen-bond donors (Lipinski definition) is 0. The van der Waals surface area contributed by atoms with Crippen LogP contribution in [0.15, 0.2) is 48.5 Å². The summed E-state index contributed by atoms with van der Waals surface area (Å²) in [7, 11) is 0. The molecule has 0 unspecified atom stereocenters. The summed E-state index contributed by atoms with van der Waals surface area (Å²) in [5.74, 6) is 0. The molecule has 0 radical (unpaired) electrons. The molecule has 2 heteroatoms. The van der Waals surface area contributed by atoms with Crippen LogP contribution in [-0.4, -0.2) is 13.2 Å². The van der Waals surface area contributed by atoms with Gasteiger partial charge in [0, 0.05) is 5.56 Å². The van der Waals surface area contributed by atoms with E-state index in [0.717, 1.165) is 25.2 Å². The van der Waals surface area contributed by atoms with Gasteiger partial charge >= 0.3 is 0 Å². The van der Waals surface area contributed by atoms with Gasteiger partial charge in [0.05, 0.1) is 13.2 Å². The monoisotopic (exact) mass is 254 g/mol. The van der Waals surface area contributed by atoms with Crippen molar-refractivity contribution in [1.82, 2.24) is 0 Å². The van der Waals surface area contributed by atoms with Gasteiger partial charge in [-0.05, 0) is 24.5 Å². The Hall–Kier alpha value is -1.64. The first kappa shape index (κ1) is 12.4. The van der Waals surface area contributed by atoms with Crippen molar-refractivity contribution in [2.75, 3.05) is 13.2 Å². The summed E-state index contributed by atoms with van der Waals surface area (Å²) in [5, 5.41) is 0. The molecule has 0 saturated carbocycles. The van der Waals surface area contributed by atoms with Crippen molar-refractivity contribution in [3.63, 3.8) is 0 Å². The number of aryl methyl sites for hydroxylation is 1. The first-order chi connectivity index (χ1) is 9.33. The summed E-state index contributed by atoms with van der Waals surface area (Å²) in [6.45, 7) is 3.67. The number of benzene rings is 2. The van der Waals surface area contributed by atoms with E-state index in [2.05, 4.69) is 55.5 Å². The molecule has 0 aromatic heterocycles. The Morgan fingerprint density at radius 1 is 0.789 bits per heavy atom. The van der Waals surface area contributed by atoms with Gasteiger partial charge in [0.15, 0.2) is 6.29 Å². The molecule has 2 aromatic carbocycles. The normalized spacial score (nSPS) is 16.5. The minimum absolute atomic E-state index is 0.194. The van der Waals surface area contributed by atoms with Crippen LogP contribution in [0.3, 0.4) is 0 Å². The van der Waals surface area contributed by atoms with Crippen LogP contribution in [0, 0.1) is 6.92 Å². The molecule has 0 N–H and O–H groups in total. The maximum Gasteiger partial charge on any atom is 0.183 e. The molecule has 0 amide bonds. The van der Waals surface area contributed by atoms with Crippen LogP contribution in [0.1, 0.15) is 23.8 Å². The van der Waals surface area contributed by atoms with E-state index < -0.39 is 0 Å². The quantitative estimate of drug-likeness (QED) is 0.803. The predicted molar refractivity (Wildman–Crippen MR) is 75.9 cm³/mol. The summed E-state index contributed by atoms with van der Waals surface area (Å²) in [5.41, 5.74) is 4.84. The second kappa shape index (κ2) is 5.55. The molecular formula is C17H18O2. The molecule has 1 fully saturated rings. The maximum absolute atomic E-state index is 5.60. The molecule has 2 aromatic rings. The van der Waals surface area contributed by atoms with E-state index in [1.165, 1.54) is 16.7 Å². The third-order valence-corrected chi connectivity index (χ3v) is 3.39. The second-order valence-corrected chi connectivity index (χ2v) is 4.92. The molecule has 98 valence electrons. The smallest absolute Gasteiger partial charge is 0.183 e.